The predicted octanol–water partition coefficient (Wildman–Crippen LogP) is 3.30. The molecule has 0 aliphatic heterocycles. The van der Waals surface area contributed by atoms with Crippen LogP contribution in [0.2, 0.25) is 0 Å². The van der Waals surface area contributed by atoms with Gasteiger partial charge in [0, 0.05) is 12.1 Å². The monoisotopic (exact) mass is 240 g/mol. The summed E-state index contributed by atoms with van der Waals surface area (Å²) in [6, 6.07) is -0.0323. The second kappa shape index (κ2) is 6.27. The van der Waals surface area contributed by atoms with E-state index >= 15 is 0 Å². The molecule has 100 valence electrons. The van der Waals surface area contributed by atoms with Crippen molar-refractivity contribution in [2.24, 2.45) is 11.8 Å². The lowest BCUT2D eigenvalue weighted by atomic mass is 9.81. The molecule has 1 aliphatic carbocycles. The largest absolute Gasteiger partial charge is 0.338 e. The van der Waals surface area contributed by atoms with Crippen molar-refractivity contribution in [2.75, 3.05) is 6.54 Å². The molecule has 2 amide bonds. The van der Waals surface area contributed by atoms with Crippen molar-refractivity contribution in [3.05, 3.63) is 0 Å². The summed E-state index contributed by atoms with van der Waals surface area (Å²) in [5, 5.41) is 5.92. The normalized spacial score (nSPS) is 25.4. The van der Waals surface area contributed by atoms with Crippen LogP contribution in [-0.4, -0.2) is 18.1 Å². The van der Waals surface area contributed by atoms with Crippen LogP contribution >= 0.6 is 0 Å². The summed E-state index contributed by atoms with van der Waals surface area (Å²) < 4.78 is 0. The topological polar surface area (TPSA) is 41.1 Å². The number of amides is 2. The summed E-state index contributed by atoms with van der Waals surface area (Å²) in [4.78, 5) is 11.6. The molecule has 1 aliphatic rings. The molecule has 1 rings (SSSR count). The first-order valence-electron chi connectivity index (χ1n) is 6.96. The summed E-state index contributed by atoms with van der Waals surface area (Å²) >= 11 is 0. The Labute approximate surface area is 106 Å². The zero-order valence-electron chi connectivity index (χ0n) is 11.8. The van der Waals surface area contributed by atoms with E-state index in [2.05, 4.69) is 17.6 Å². The Bertz CT molecular complexity index is 237. The van der Waals surface area contributed by atoms with Gasteiger partial charge in [0.15, 0.2) is 0 Å². The van der Waals surface area contributed by atoms with Crippen molar-refractivity contribution < 1.29 is 4.79 Å². The van der Waals surface area contributed by atoms with E-state index in [0.717, 1.165) is 12.5 Å². The fourth-order valence-electron chi connectivity index (χ4n) is 2.47. The maximum Gasteiger partial charge on any atom is 0.315 e. The van der Waals surface area contributed by atoms with E-state index in [-0.39, 0.29) is 11.6 Å². The molecule has 1 saturated carbocycles. The Kier molecular flexibility index (Phi) is 5.29. The number of carbonyl (C=O) groups excluding carboxylic acids is 1. The SMILES string of the molecule is CCC1CCC(CNC(=O)NC(C)(C)C)CC1. The minimum atomic E-state index is -0.149. The molecule has 0 atom stereocenters. The number of hydrogen-bond donors (Lipinski definition) is 2. The highest BCUT2D eigenvalue weighted by Gasteiger charge is 2.21. The fourth-order valence-corrected chi connectivity index (χ4v) is 2.47. The molecule has 0 radical (unpaired) electrons. The zero-order chi connectivity index (χ0) is 12.9. The average molecular weight is 240 g/mol. The maximum atomic E-state index is 11.6. The van der Waals surface area contributed by atoms with E-state index in [0.29, 0.717) is 5.92 Å². The average Bonchev–Trinajstić information content (AvgIpc) is 2.25. The first-order chi connectivity index (χ1) is 7.90. The number of nitrogens with one attached hydrogen (secondary N) is 2. The van der Waals surface area contributed by atoms with E-state index in [9.17, 15) is 4.79 Å². The lowest BCUT2D eigenvalue weighted by molar-refractivity contribution is 0.222. The molecule has 0 aromatic heterocycles. The van der Waals surface area contributed by atoms with Gasteiger partial charge < -0.3 is 10.6 Å². The third-order valence-electron chi connectivity index (χ3n) is 3.58. The molecule has 0 spiro atoms. The predicted molar refractivity (Wildman–Crippen MR) is 72.0 cm³/mol. The smallest absolute Gasteiger partial charge is 0.315 e. The van der Waals surface area contributed by atoms with Crippen LogP contribution in [0.3, 0.4) is 0 Å². The maximum absolute atomic E-state index is 11.6. The van der Waals surface area contributed by atoms with Crippen LogP contribution in [0.15, 0.2) is 0 Å². The molecule has 1 fully saturated rings. The highest BCUT2D eigenvalue weighted by molar-refractivity contribution is 5.74. The van der Waals surface area contributed by atoms with E-state index in [1.807, 2.05) is 20.8 Å². The summed E-state index contributed by atoms with van der Waals surface area (Å²) in [5.74, 6) is 1.61. The molecule has 0 unspecified atom stereocenters. The van der Waals surface area contributed by atoms with E-state index < -0.39 is 0 Å². The molecule has 0 aromatic carbocycles. The van der Waals surface area contributed by atoms with Gasteiger partial charge in [-0.05, 0) is 45.4 Å². The molecular weight excluding hydrogens is 212 g/mol. The minimum Gasteiger partial charge on any atom is -0.338 e. The van der Waals surface area contributed by atoms with Gasteiger partial charge in [0.2, 0.25) is 0 Å². The van der Waals surface area contributed by atoms with Gasteiger partial charge >= 0.3 is 6.03 Å². The molecule has 0 heterocycles. The van der Waals surface area contributed by atoms with Crippen molar-refractivity contribution in [3.8, 4) is 0 Å². The molecule has 0 bridgehead atoms. The van der Waals surface area contributed by atoms with Crippen LogP contribution in [-0.2, 0) is 0 Å². The molecule has 0 aromatic rings. The molecular formula is C14H28N2O. The summed E-state index contributed by atoms with van der Waals surface area (Å²) in [5.41, 5.74) is -0.149. The minimum absolute atomic E-state index is 0.0323. The third-order valence-corrected chi connectivity index (χ3v) is 3.58. The number of carbonyl (C=O) groups is 1. The highest BCUT2D eigenvalue weighted by Crippen LogP contribution is 2.29. The van der Waals surface area contributed by atoms with Gasteiger partial charge in [0.1, 0.15) is 0 Å². The fraction of sp³-hybridized carbons (Fsp3) is 0.929. The Morgan fingerprint density at radius 3 is 2.12 bits per heavy atom. The number of hydrogen-bond acceptors (Lipinski definition) is 1. The lowest BCUT2D eigenvalue weighted by Gasteiger charge is -2.28. The molecule has 3 nitrogen and oxygen atoms in total. The second-order valence-corrected chi connectivity index (χ2v) is 6.38. The first kappa shape index (κ1) is 14.3. The van der Waals surface area contributed by atoms with Crippen LogP contribution in [0.4, 0.5) is 4.79 Å². The van der Waals surface area contributed by atoms with Gasteiger partial charge in [0.25, 0.3) is 0 Å². The molecule has 0 saturated heterocycles. The van der Waals surface area contributed by atoms with Crippen molar-refractivity contribution >= 4 is 6.03 Å². The summed E-state index contributed by atoms with van der Waals surface area (Å²) in [6.07, 6.45) is 6.53. The Balaban J connectivity index is 2.17. The van der Waals surface area contributed by atoms with E-state index in [4.69, 9.17) is 0 Å². The Morgan fingerprint density at radius 2 is 1.65 bits per heavy atom. The molecule has 3 heteroatoms. The van der Waals surface area contributed by atoms with Crippen molar-refractivity contribution in [3.63, 3.8) is 0 Å². The first-order valence-corrected chi connectivity index (χ1v) is 6.96. The van der Waals surface area contributed by atoms with Crippen molar-refractivity contribution in [1.82, 2.24) is 10.6 Å². The Morgan fingerprint density at radius 1 is 1.12 bits per heavy atom. The molecule has 2 N–H and O–H groups in total. The van der Waals surface area contributed by atoms with Crippen LogP contribution in [0.25, 0.3) is 0 Å². The number of rotatable bonds is 3. The van der Waals surface area contributed by atoms with Gasteiger partial charge in [0.05, 0.1) is 0 Å². The van der Waals surface area contributed by atoms with Crippen molar-refractivity contribution in [1.29, 1.82) is 0 Å². The lowest BCUT2D eigenvalue weighted by Crippen LogP contribution is -2.47. The number of urea groups is 1. The third kappa shape index (κ3) is 5.94. The van der Waals surface area contributed by atoms with Crippen LogP contribution in [0.5, 0.6) is 0 Å². The van der Waals surface area contributed by atoms with E-state index in [1.54, 1.807) is 0 Å². The summed E-state index contributed by atoms with van der Waals surface area (Å²) in [6.45, 7) is 9.11. The second-order valence-electron chi connectivity index (χ2n) is 6.38. The van der Waals surface area contributed by atoms with Crippen LogP contribution in [0, 0.1) is 11.8 Å². The summed E-state index contributed by atoms with van der Waals surface area (Å²) in [7, 11) is 0. The Hall–Kier alpha value is -0.730. The van der Waals surface area contributed by atoms with Gasteiger partial charge in [-0.15, -0.1) is 0 Å². The zero-order valence-corrected chi connectivity index (χ0v) is 11.8. The van der Waals surface area contributed by atoms with Gasteiger partial charge in [-0.3, -0.25) is 0 Å². The quantitative estimate of drug-likeness (QED) is 0.781. The van der Waals surface area contributed by atoms with Crippen molar-refractivity contribution in [2.45, 2.75) is 65.3 Å². The van der Waals surface area contributed by atoms with E-state index in [1.165, 1.54) is 32.1 Å². The van der Waals surface area contributed by atoms with Crippen LogP contribution < -0.4 is 10.6 Å². The van der Waals surface area contributed by atoms with Gasteiger partial charge in [-0.2, -0.15) is 0 Å². The standard InChI is InChI=1S/C14H28N2O/c1-5-11-6-8-12(9-7-11)10-15-13(17)16-14(2,3)4/h11-12H,5-10H2,1-4H3,(H2,15,16,17). The van der Waals surface area contributed by atoms with Gasteiger partial charge in [-0.25, -0.2) is 4.79 Å². The molecule has 17 heavy (non-hydrogen) atoms. The highest BCUT2D eigenvalue weighted by atomic mass is 16.2. The van der Waals surface area contributed by atoms with Gasteiger partial charge in [-0.1, -0.05) is 26.2 Å². The van der Waals surface area contributed by atoms with Crippen LogP contribution in [0.1, 0.15) is 59.8 Å².